The summed E-state index contributed by atoms with van der Waals surface area (Å²) in [5, 5.41) is 13.9. The smallest absolute Gasteiger partial charge is 0.241 e. The molecule has 7 heteroatoms. The molecule has 0 aliphatic heterocycles. The van der Waals surface area contributed by atoms with Gasteiger partial charge in [-0.1, -0.05) is 18.6 Å². The van der Waals surface area contributed by atoms with Gasteiger partial charge in [-0.3, -0.25) is 4.79 Å². The maximum atomic E-state index is 11.6. The number of aromatic nitrogens is 3. The maximum Gasteiger partial charge on any atom is 0.241 e. The SMILES string of the molecule is CCCCNC(=O)Cn1cc(CNCCOC)nn1. The minimum absolute atomic E-state index is 0.0303. The van der Waals surface area contributed by atoms with Crippen LogP contribution in [0.2, 0.25) is 0 Å². The monoisotopic (exact) mass is 269 g/mol. The molecule has 0 radical (unpaired) electrons. The highest BCUT2D eigenvalue weighted by Gasteiger charge is 2.05. The van der Waals surface area contributed by atoms with Gasteiger partial charge in [-0.05, 0) is 6.42 Å². The fraction of sp³-hybridized carbons (Fsp3) is 0.750. The Hall–Kier alpha value is -1.47. The molecule has 7 nitrogen and oxygen atoms in total. The van der Waals surface area contributed by atoms with Crippen LogP contribution >= 0.6 is 0 Å². The first-order chi connectivity index (χ1) is 9.26. The number of rotatable bonds is 10. The van der Waals surface area contributed by atoms with Crippen LogP contribution in [0.1, 0.15) is 25.5 Å². The number of methoxy groups -OCH3 is 1. The highest BCUT2D eigenvalue weighted by Crippen LogP contribution is 1.92. The van der Waals surface area contributed by atoms with E-state index in [1.165, 1.54) is 0 Å². The zero-order valence-electron chi connectivity index (χ0n) is 11.7. The molecule has 0 bridgehead atoms. The lowest BCUT2D eigenvalue weighted by Crippen LogP contribution is -2.28. The Labute approximate surface area is 113 Å². The Morgan fingerprint density at radius 2 is 2.32 bits per heavy atom. The molecule has 1 aromatic heterocycles. The number of unbranched alkanes of at least 4 members (excludes halogenated alkanes) is 1. The molecule has 0 unspecified atom stereocenters. The number of hydrogen-bond acceptors (Lipinski definition) is 5. The third-order valence-corrected chi connectivity index (χ3v) is 2.53. The van der Waals surface area contributed by atoms with Gasteiger partial charge in [0.25, 0.3) is 0 Å². The molecule has 1 heterocycles. The molecule has 1 rings (SSSR count). The van der Waals surface area contributed by atoms with E-state index in [0.717, 1.165) is 31.6 Å². The number of amides is 1. The molecule has 0 fully saturated rings. The van der Waals surface area contributed by atoms with Crippen molar-refractivity contribution >= 4 is 5.91 Å². The summed E-state index contributed by atoms with van der Waals surface area (Å²) in [4.78, 5) is 11.6. The number of ether oxygens (including phenoxy) is 1. The second-order valence-electron chi connectivity index (χ2n) is 4.28. The minimum atomic E-state index is -0.0303. The summed E-state index contributed by atoms with van der Waals surface area (Å²) in [5.74, 6) is -0.0303. The normalized spacial score (nSPS) is 10.6. The van der Waals surface area contributed by atoms with Gasteiger partial charge >= 0.3 is 0 Å². The van der Waals surface area contributed by atoms with Crippen molar-refractivity contribution in [2.45, 2.75) is 32.9 Å². The van der Waals surface area contributed by atoms with Gasteiger partial charge in [-0.15, -0.1) is 5.10 Å². The van der Waals surface area contributed by atoms with E-state index in [0.29, 0.717) is 13.2 Å². The van der Waals surface area contributed by atoms with Gasteiger partial charge in [0.15, 0.2) is 0 Å². The van der Waals surface area contributed by atoms with E-state index in [9.17, 15) is 4.79 Å². The molecule has 2 N–H and O–H groups in total. The van der Waals surface area contributed by atoms with Crippen LogP contribution in [-0.2, 0) is 22.6 Å². The van der Waals surface area contributed by atoms with Gasteiger partial charge < -0.3 is 15.4 Å². The largest absolute Gasteiger partial charge is 0.383 e. The van der Waals surface area contributed by atoms with Crippen LogP contribution in [0.25, 0.3) is 0 Å². The van der Waals surface area contributed by atoms with Crippen LogP contribution in [0.3, 0.4) is 0 Å². The van der Waals surface area contributed by atoms with Crippen molar-refractivity contribution in [3.63, 3.8) is 0 Å². The Kier molecular flexibility index (Phi) is 7.76. The van der Waals surface area contributed by atoms with Crippen molar-refractivity contribution in [1.82, 2.24) is 25.6 Å². The Bertz CT molecular complexity index is 367. The molecular weight excluding hydrogens is 246 g/mol. The summed E-state index contributed by atoms with van der Waals surface area (Å²) in [6, 6.07) is 0. The predicted molar refractivity (Wildman–Crippen MR) is 71.5 cm³/mol. The van der Waals surface area contributed by atoms with Crippen molar-refractivity contribution in [3.8, 4) is 0 Å². The molecule has 0 atom stereocenters. The standard InChI is InChI=1S/C12H23N5O2/c1-3-4-5-14-12(18)10-17-9-11(15-16-17)8-13-6-7-19-2/h9,13H,3-8,10H2,1-2H3,(H,14,18). The number of carbonyl (C=O) groups is 1. The topological polar surface area (TPSA) is 81.1 Å². The summed E-state index contributed by atoms with van der Waals surface area (Å²) in [7, 11) is 1.66. The Morgan fingerprint density at radius 1 is 1.47 bits per heavy atom. The van der Waals surface area contributed by atoms with Crippen LogP contribution in [0.4, 0.5) is 0 Å². The first-order valence-electron chi connectivity index (χ1n) is 6.61. The lowest BCUT2D eigenvalue weighted by atomic mass is 10.3. The molecule has 0 aromatic carbocycles. The van der Waals surface area contributed by atoms with E-state index >= 15 is 0 Å². The van der Waals surface area contributed by atoms with Crippen LogP contribution < -0.4 is 10.6 Å². The number of carbonyl (C=O) groups excluding carboxylic acids is 1. The van der Waals surface area contributed by atoms with Crippen LogP contribution in [0, 0.1) is 0 Å². The third kappa shape index (κ3) is 6.88. The van der Waals surface area contributed by atoms with E-state index in [2.05, 4.69) is 27.9 Å². The van der Waals surface area contributed by atoms with Crippen molar-refractivity contribution in [3.05, 3.63) is 11.9 Å². The molecule has 0 spiro atoms. The molecular formula is C12H23N5O2. The highest BCUT2D eigenvalue weighted by molar-refractivity contribution is 5.75. The molecule has 108 valence electrons. The predicted octanol–water partition coefficient (Wildman–Crippen LogP) is -0.0696. The van der Waals surface area contributed by atoms with Gasteiger partial charge in [0.2, 0.25) is 5.91 Å². The summed E-state index contributed by atoms with van der Waals surface area (Å²) >= 11 is 0. The second-order valence-corrected chi connectivity index (χ2v) is 4.28. The molecule has 0 saturated carbocycles. The fourth-order valence-electron chi connectivity index (χ4n) is 1.50. The summed E-state index contributed by atoms with van der Waals surface area (Å²) in [6.07, 6.45) is 3.85. The molecule has 0 aliphatic rings. The average Bonchev–Trinajstić information content (AvgIpc) is 2.82. The molecule has 19 heavy (non-hydrogen) atoms. The lowest BCUT2D eigenvalue weighted by molar-refractivity contribution is -0.121. The quantitative estimate of drug-likeness (QED) is 0.581. The molecule has 1 aromatic rings. The number of nitrogens with one attached hydrogen (secondary N) is 2. The van der Waals surface area contributed by atoms with Gasteiger partial charge in [-0.2, -0.15) is 0 Å². The summed E-state index contributed by atoms with van der Waals surface area (Å²) < 4.78 is 6.48. The van der Waals surface area contributed by atoms with Gasteiger partial charge in [0.05, 0.1) is 18.5 Å². The summed E-state index contributed by atoms with van der Waals surface area (Å²) in [6.45, 7) is 5.08. The van der Waals surface area contributed by atoms with Crippen molar-refractivity contribution in [2.75, 3.05) is 26.8 Å². The average molecular weight is 269 g/mol. The van der Waals surface area contributed by atoms with Crippen LogP contribution in [0.5, 0.6) is 0 Å². The fourth-order valence-corrected chi connectivity index (χ4v) is 1.50. The van der Waals surface area contributed by atoms with Gasteiger partial charge in [0.1, 0.15) is 6.54 Å². The van der Waals surface area contributed by atoms with Crippen molar-refractivity contribution in [1.29, 1.82) is 0 Å². The highest BCUT2D eigenvalue weighted by atomic mass is 16.5. The van der Waals surface area contributed by atoms with E-state index in [1.807, 2.05) is 0 Å². The number of hydrogen-bond donors (Lipinski definition) is 2. The van der Waals surface area contributed by atoms with E-state index in [1.54, 1.807) is 18.0 Å². The first-order valence-corrected chi connectivity index (χ1v) is 6.61. The maximum absolute atomic E-state index is 11.6. The first kappa shape index (κ1) is 15.6. The lowest BCUT2D eigenvalue weighted by Gasteiger charge is -2.03. The Morgan fingerprint density at radius 3 is 3.05 bits per heavy atom. The second kappa shape index (κ2) is 9.46. The van der Waals surface area contributed by atoms with E-state index < -0.39 is 0 Å². The summed E-state index contributed by atoms with van der Waals surface area (Å²) in [5.41, 5.74) is 0.817. The van der Waals surface area contributed by atoms with Crippen LogP contribution in [0.15, 0.2) is 6.20 Å². The third-order valence-electron chi connectivity index (χ3n) is 2.53. The van der Waals surface area contributed by atoms with Gasteiger partial charge in [-0.25, -0.2) is 4.68 Å². The van der Waals surface area contributed by atoms with Gasteiger partial charge in [0, 0.05) is 26.7 Å². The zero-order valence-corrected chi connectivity index (χ0v) is 11.7. The van der Waals surface area contributed by atoms with Crippen LogP contribution in [-0.4, -0.2) is 47.7 Å². The Balaban J connectivity index is 2.24. The number of nitrogens with zero attached hydrogens (tertiary/aromatic N) is 3. The minimum Gasteiger partial charge on any atom is -0.383 e. The van der Waals surface area contributed by atoms with Crippen molar-refractivity contribution < 1.29 is 9.53 Å². The van der Waals surface area contributed by atoms with E-state index in [4.69, 9.17) is 4.74 Å². The van der Waals surface area contributed by atoms with E-state index in [-0.39, 0.29) is 12.5 Å². The van der Waals surface area contributed by atoms with Crippen molar-refractivity contribution in [2.24, 2.45) is 0 Å². The molecule has 1 amide bonds. The molecule has 0 aliphatic carbocycles. The molecule has 0 saturated heterocycles. The zero-order chi connectivity index (χ0) is 13.9.